The maximum Gasteiger partial charge on any atom is 0.351 e. The minimum atomic E-state index is -2.33. The molecule has 1 aliphatic heterocycles. The number of ether oxygens (including phenoxy) is 1. The van der Waals surface area contributed by atoms with Crippen LogP contribution in [0.3, 0.4) is 0 Å². The van der Waals surface area contributed by atoms with Gasteiger partial charge in [-0.15, -0.1) is 11.6 Å². The Hall–Kier alpha value is -1.22. The summed E-state index contributed by atoms with van der Waals surface area (Å²) in [6, 6.07) is 1.30. The van der Waals surface area contributed by atoms with Gasteiger partial charge in [-0.25, -0.2) is 9.18 Å². The van der Waals surface area contributed by atoms with Gasteiger partial charge >= 0.3 is 5.69 Å². The van der Waals surface area contributed by atoms with Gasteiger partial charge in [0.25, 0.3) is 0 Å². The second kappa shape index (κ2) is 4.96. The molecule has 20 heavy (non-hydrogen) atoms. The standard InChI is InChI=1S/C11H15ClFN3O4/c1-10(13)7(18)11(4-12,5-17)20-8(10)16-3-2-6(14)15-9(16)19/h2-3,7-8,17-18H,4-5H2,1H3,(H2,14,15,19)/t7-,8+,10+,11+/m0/s1. The summed E-state index contributed by atoms with van der Waals surface area (Å²) in [5.74, 6) is -0.353. The lowest BCUT2D eigenvalue weighted by molar-refractivity contribution is -0.116. The van der Waals surface area contributed by atoms with Crippen LogP contribution in [0.15, 0.2) is 17.1 Å². The maximum atomic E-state index is 14.7. The first kappa shape index (κ1) is 15.2. The Balaban J connectivity index is 2.50. The molecule has 4 atom stereocenters. The smallest absolute Gasteiger partial charge is 0.351 e. The molecule has 1 saturated heterocycles. The van der Waals surface area contributed by atoms with Crippen molar-refractivity contribution in [2.75, 3.05) is 18.2 Å². The van der Waals surface area contributed by atoms with Gasteiger partial charge in [0.2, 0.25) is 0 Å². The van der Waals surface area contributed by atoms with Gasteiger partial charge in [-0.3, -0.25) is 4.57 Å². The fourth-order valence-corrected chi connectivity index (χ4v) is 2.55. The van der Waals surface area contributed by atoms with Crippen molar-refractivity contribution in [3.05, 3.63) is 22.7 Å². The molecule has 0 bridgehead atoms. The van der Waals surface area contributed by atoms with E-state index in [4.69, 9.17) is 22.1 Å². The molecule has 1 aromatic rings. The molecule has 7 nitrogen and oxygen atoms in total. The summed E-state index contributed by atoms with van der Waals surface area (Å²) in [4.78, 5) is 15.2. The minimum absolute atomic E-state index is 0.0175. The summed E-state index contributed by atoms with van der Waals surface area (Å²) in [6.07, 6.45) is -1.96. The highest BCUT2D eigenvalue weighted by Crippen LogP contribution is 2.46. The third kappa shape index (κ3) is 2.08. The number of rotatable bonds is 3. The quantitative estimate of drug-likeness (QED) is 0.644. The molecule has 0 spiro atoms. The number of aliphatic hydroxyl groups is 2. The molecular formula is C11H15ClFN3O4. The van der Waals surface area contributed by atoms with Gasteiger partial charge in [0.15, 0.2) is 11.9 Å². The molecule has 0 unspecified atom stereocenters. The molecule has 0 amide bonds. The van der Waals surface area contributed by atoms with E-state index in [1.54, 1.807) is 0 Å². The zero-order valence-electron chi connectivity index (χ0n) is 10.7. The molecule has 0 aliphatic carbocycles. The van der Waals surface area contributed by atoms with Crippen molar-refractivity contribution in [2.45, 2.75) is 30.5 Å². The Kier molecular flexibility index (Phi) is 3.76. The van der Waals surface area contributed by atoms with E-state index < -0.39 is 35.9 Å². The van der Waals surface area contributed by atoms with Crippen LogP contribution in [0.25, 0.3) is 0 Å². The van der Waals surface area contributed by atoms with Crippen molar-refractivity contribution in [1.29, 1.82) is 0 Å². The molecule has 1 fully saturated rings. The molecular weight excluding hydrogens is 293 g/mol. The molecule has 112 valence electrons. The summed E-state index contributed by atoms with van der Waals surface area (Å²) >= 11 is 5.67. The fraction of sp³-hybridized carbons (Fsp3) is 0.636. The predicted octanol–water partition coefficient (Wildman–Crippen LogP) is -0.587. The van der Waals surface area contributed by atoms with E-state index in [-0.39, 0.29) is 11.7 Å². The average Bonchev–Trinajstić information content (AvgIpc) is 2.60. The number of aromatic nitrogens is 2. The van der Waals surface area contributed by atoms with Crippen LogP contribution < -0.4 is 11.4 Å². The lowest BCUT2D eigenvalue weighted by Crippen LogP contribution is -2.50. The molecule has 4 N–H and O–H groups in total. The maximum absolute atomic E-state index is 14.7. The molecule has 1 aromatic heterocycles. The largest absolute Gasteiger partial charge is 0.393 e. The first-order valence-electron chi connectivity index (χ1n) is 5.85. The first-order valence-corrected chi connectivity index (χ1v) is 6.38. The lowest BCUT2D eigenvalue weighted by Gasteiger charge is -2.28. The van der Waals surface area contributed by atoms with Gasteiger partial charge < -0.3 is 20.7 Å². The second-order valence-corrected chi connectivity index (χ2v) is 5.19. The Morgan fingerprint density at radius 2 is 2.35 bits per heavy atom. The normalized spacial score (nSPS) is 37.2. The second-order valence-electron chi connectivity index (χ2n) is 4.92. The number of nitrogens with two attached hydrogens (primary N) is 1. The van der Waals surface area contributed by atoms with Crippen molar-refractivity contribution in [3.63, 3.8) is 0 Å². The van der Waals surface area contributed by atoms with E-state index in [2.05, 4.69) is 4.98 Å². The number of hydrogen-bond donors (Lipinski definition) is 3. The lowest BCUT2D eigenvalue weighted by atomic mass is 9.90. The van der Waals surface area contributed by atoms with Gasteiger partial charge in [0, 0.05) is 6.20 Å². The van der Waals surface area contributed by atoms with E-state index in [0.717, 1.165) is 11.5 Å². The topological polar surface area (TPSA) is 111 Å². The van der Waals surface area contributed by atoms with E-state index in [0.29, 0.717) is 0 Å². The number of nitrogens with zero attached hydrogens (tertiary/aromatic N) is 2. The van der Waals surface area contributed by atoms with Crippen LogP contribution in [0.5, 0.6) is 0 Å². The molecule has 0 aromatic carbocycles. The molecule has 9 heteroatoms. The van der Waals surface area contributed by atoms with Gasteiger partial charge in [0.05, 0.1) is 12.5 Å². The zero-order chi connectivity index (χ0) is 15.1. The Morgan fingerprint density at radius 1 is 1.70 bits per heavy atom. The summed E-state index contributed by atoms with van der Waals surface area (Å²) in [6.45, 7) is 0.375. The van der Waals surface area contributed by atoms with Crippen molar-refractivity contribution in [2.24, 2.45) is 0 Å². The van der Waals surface area contributed by atoms with Crippen LogP contribution in [0.1, 0.15) is 13.2 Å². The number of anilines is 1. The molecule has 0 saturated carbocycles. The van der Waals surface area contributed by atoms with Crippen LogP contribution in [0, 0.1) is 0 Å². The first-order chi connectivity index (χ1) is 9.28. The molecule has 2 rings (SSSR count). The van der Waals surface area contributed by atoms with Crippen molar-refractivity contribution in [3.8, 4) is 0 Å². The number of halogens is 2. The third-order valence-corrected chi connectivity index (χ3v) is 3.91. The Morgan fingerprint density at radius 3 is 2.80 bits per heavy atom. The van der Waals surface area contributed by atoms with Crippen LogP contribution in [-0.4, -0.2) is 49.6 Å². The highest BCUT2D eigenvalue weighted by Gasteiger charge is 2.62. The average molecular weight is 308 g/mol. The third-order valence-electron chi connectivity index (χ3n) is 3.46. The zero-order valence-corrected chi connectivity index (χ0v) is 11.4. The van der Waals surface area contributed by atoms with Gasteiger partial charge in [-0.2, -0.15) is 4.98 Å². The van der Waals surface area contributed by atoms with E-state index >= 15 is 0 Å². The van der Waals surface area contributed by atoms with E-state index in [1.165, 1.54) is 12.3 Å². The summed E-state index contributed by atoms with van der Waals surface area (Å²) < 4.78 is 21.0. The van der Waals surface area contributed by atoms with Gasteiger partial charge in [-0.05, 0) is 13.0 Å². The summed E-state index contributed by atoms with van der Waals surface area (Å²) in [5.41, 5.74) is 0.515. The van der Waals surface area contributed by atoms with Crippen LogP contribution in [0.2, 0.25) is 0 Å². The number of hydrogen-bond acceptors (Lipinski definition) is 6. The highest BCUT2D eigenvalue weighted by atomic mass is 35.5. The van der Waals surface area contributed by atoms with Gasteiger partial charge in [-0.1, -0.05) is 0 Å². The van der Waals surface area contributed by atoms with Crippen molar-refractivity contribution >= 4 is 17.4 Å². The van der Waals surface area contributed by atoms with E-state index in [9.17, 15) is 19.4 Å². The SMILES string of the molecule is C[C@@]1(F)[C@H](O)[C@](CO)(CCl)O[C@H]1n1ccc(N)nc1=O. The number of nitrogen functional groups attached to an aromatic ring is 1. The number of aliphatic hydroxyl groups excluding tert-OH is 2. The van der Waals surface area contributed by atoms with Gasteiger partial charge in [0.1, 0.15) is 17.5 Å². The Labute approximate surface area is 118 Å². The molecule has 2 heterocycles. The molecule has 1 aliphatic rings. The minimum Gasteiger partial charge on any atom is -0.393 e. The van der Waals surface area contributed by atoms with Crippen molar-refractivity contribution in [1.82, 2.24) is 9.55 Å². The van der Waals surface area contributed by atoms with Crippen molar-refractivity contribution < 1.29 is 19.3 Å². The monoisotopic (exact) mass is 307 g/mol. The number of alkyl halides is 2. The van der Waals surface area contributed by atoms with E-state index in [1.807, 2.05) is 0 Å². The summed E-state index contributed by atoms with van der Waals surface area (Å²) in [7, 11) is 0. The highest BCUT2D eigenvalue weighted by molar-refractivity contribution is 6.18. The van der Waals surface area contributed by atoms with Crippen LogP contribution in [0.4, 0.5) is 10.2 Å². The summed E-state index contributed by atoms with van der Waals surface area (Å²) in [5, 5.41) is 19.4. The van der Waals surface area contributed by atoms with Crippen LogP contribution in [-0.2, 0) is 4.74 Å². The molecule has 0 radical (unpaired) electrons. The fourth-order valence-electron chi connectivity index (χ4n) is 2.26. The Bertz CT molecular complexity index is 561. The predicted molar refractivity (Wildman–Crippen MR) is 69.1 cm³/mol. The van der Waals surface area contributed by atoms with Crippen LogP contribution >= 0.6 is 11.6 Å².